The number of aromatic nitrogens is 4. The lowest BCUT2D eigenvalue weighted by molar-refractivity contribution is 0.414. The van der Waals surface area contributed by atoms with Gasteiger partial charge in [-0.15, -0.1) is 10.2 Å². The van der Waals surface area contributed by atoms with E-state index in [1.165, 1.54) is 22.2 Å². The summed E-state index contributed by atoms with van der Waals surface area (Å²) in [4.78, 5) is 16.7. The average Bonchev–Trinajstić information content (AvgIpc) is 3.16. The molecule has 9 heteroatoms. The lowest BCUT2D eigenvalue weighted by Crippen LogP contribution is -2.15. The number of methoxy groups -OCH3 is 1. The van der Waals surface area contributed by atoms with E-state index in [1.807, 2.05) is 24.3 Å². The predicted molar refractivity (Wildman–Crippen MR) is 102 cm³/mol. The number of fused-ring (bicyclic) bond motifs is 1. The number of rotatable bonds is 5. The molecule has 0 atom stereocenters. The molecule has 3 aromatic heterocycles. The average molecular weight is 401 g/mol. The van der Waals surface area contributed by atoms with Crippen molar-refractivity contribution in [3.8, 4) is 17.2 Å². The summed E-state index contributed by atoms with van der Waals surface area (Å²) >= 11 is 7.23. The van der Waals surface area contributed by atoms with Gasteiger partial charge in [0.05, 0.1) is 17.8 Å². The van der Waals surface area contributed by atoms with Gasteiger partial charge in [0.1, 0.15) is 11.4 Å². The number of ether oxygens (including phenoxy) is 1. The van der Waals surface area contributed by atoms with Crippen LogP contribution in [0.25, 0.3) is 17.1 Å². The maximum Gasteiger partial charge on any atom is 0.277 e. The van der Waals surface area contributed by atoms with E-state index in [4.69, 9.17) is 20.8 Å². The zero-order chi connectivity index (χ0) is 18.8. The summed E-state index contributed by atoms with van der Waals surface area (Å²) in [5, 5.41) is 8.96. The fourth-order valence-electron chi connectivity index (χ4n) is 2.45. The summed E-state index contributed by atoms with van der Waals surface area (Å²) in [6, 6.07) is 12.2. The molecule has 0 fully saturated rings. The van der Waals surface area contributed by atoms with Crippen LogP contribution in [0, 0.1) is 0 Å². The van der Waals surface area contributed by atoms with E-state index < -0.39 is 0 Å². The van der Waals surface area contributed by atoms with Crippen LogP contribution in [0.2, 0.25) is 5.02 Å². The Morgan fingerprint density at radius 3 is 2.78 bits per heavy atom. The van der Waals surface area contributed by atoms with Gasteiger partial charge in [-0.3, -0.25) is 9.20 Å². The molecule has 0 aliphatic carbocycles. The topological polar surface area (TPSA) is 82.5 Å². The van der Waals surface area contributed by atoms with Crippen LogP contribution in [0.4, 0.5) is 0 Å². The van der Waals surface area contributed by atoms with E-state index in [0.717, 1.165) is 11.3 Å². The van der Waals surface area contributed by atoms with Gasteiger partial charge in [-0.05, 0) is 36.4 Å². The van der Waals surface area contributed by atoms with Gasteiger partial charge in [-0.2, -0.15) is 0 Å². The first kappa shape index (κ1) is 17.6. The predicted octanol–water partition coefficient (Wildman–Crippen LogP) is 3.70. The van der Waals surface area contributed by atoms with Crippen molar-refractivity contribution in [2.75, 3.05) is 7.11 Å². The summed E-state index contributed by atoms with van der Waals surface area (Å²) < 4.78 is 12.2. The number of benzene rings is 1. The van der Waals surface area contributed by atoms with Crippen molar-refractivity contribution in [2.45, 2.75) is 11.0 Å². The fraction of sp³-hybridized carbons (Fsp3) is 0.111. The highest BCUT2D eigenvalue weighted by Gasteiger charge is 2.11. The van der Waals surface area contributed by atoms with E-state index >= 15 is 0 Å². The molecule has 0 unspecified atom stereocenters. The molecule has 3 heterocycles. The Hall–Kier alpha value is -2.84. The van der Waals surface area contributed by atoms with Crippen molar-refractivity contribution in [3.63, 3.8) is 0 Å². The van der Waals surface area contributed by atoms with Gasteiger partial charge in [0, 0.05) is 23.6 Å². The molecule has 0 spiro atoms. The first-order valence-corrected chi connectivity index (χ1v) is 9.27. The van der Waals surface area contributed by atoms with Gasteiger partial charge >= 0.3 is 0 Å². The van der Waals surface area contributed by atoms with Gasteiger partial charge in [0.15, 0.2) is 0 Å². The quantitative estimate of drug-likeness (QED) is 0.472. The summed E-state index contributed by atoms with van der Waals surface area (Å²) in [7, 11) is 1.61. The van der Waals surface area contributed by atoms with Crippen LogP contribution in [0.15, 0.2) is 63.1 Å². The van der Waals surface area contributed by atoms with E-state index in [1.54, 1.807) is 25.4 Å². The van der Waals surface area contributed by atoms with Crippen LogP contribution < -0.4 is 10.3 Å². The molecule has 0 aliphatic heterocycles. The third kappa shape index (κ3) is 3.81. The largest absolute Gasteiger partial charge is 0.497 e. The Balaban J connectivity index is 1.50. The second kappa shape index (κ2) is 7.42. The number of hydrogen-bond acceptors (Lipinski definition) is 7. The molecule has 136 valence electrons. The number of nitrogens with zero attached hydrogens (tertiary/aromatic N) is 4. The zero-order valence-electron chi connectivity index (χ0n) is 14.1. The Kier molecular flexibility index (Phi) is 4.83. The Labute approximate surface area is 163 Å². The minimum absolute atomic E-state index is 0.192. The normalized spacial score (nSPS) is 11.0. The van der Waals surface area contributed by atoms with Crippen molar-refractivity contribution in [2.24, 2.45) is 0 Å². The zero-order valence-corrected chi connectivity index (χ0v) is 15.7. The van der Waals surface area contributed by atoms with Crippen molar-refractivity contribution in [3.05, 3.63) is 69.7 Å². The Morgan fingerprint density at radius 2 is 2.00 bits per heavy atom. The van der Waals surface area contributed by atoms with Crippen molar-refractivity contribution >= 4 is 29.0 Å². The molecular formula is C18H13ClN4O3S. The summed E-state index contributed by atoms with van der Waals surface area (Å²) in [6.07, 6.45) is 1.54. The highest BCUT2D eigenvalue weighted by atomic mass is 35.5. The summed E-state index contributed by atoms with van der Waals surface area (Å²) in [5.74, 6) is 1.60. The number of halogens is 1. The van der Waals surface area contributed by atoms with Crippen molar-refractivity contribution < 1.29 is 9.15 Å². The molecule has 7 nitrogen and oxygen atoms in total. The number of hydrogen-bond donors (Lipinski definition) is 0. The highest BCUT2D eigenvalue weighted by Crippen LogP contribution is 2.26. The highest BCUT2D eigenvalue weighted by molar-refractivity contribution is 7.98. The van der Waals surface area contributed by atoms with E-state index in [9.17, 15) is 4.79 Å². The first-order chi connectivity index (χ1) is 13.1. The molecule has 27 heavy (non-hydrogen) atoms. The molecule has 4 rings (SSSR count). The first-order valence-electron chi connectivity index (χ1n) is 7.91. The minimum atomic E-state index is -0.192. The van der Waals surface area contributed by atoms with Crippen LogP contribution >= 0.6 is 23.4 Å². The maximum atomic E-state index is 12.2. The van der Waals surface area contributed by atoms with Gasteiger partial charge in [-0.25, -0.2) is 4.98 Å². The van der Waals surface area contributed by atoms with Gasteiger partial charge in [-0.1, -0.05) is 23.4 Å². The summed E-state index contributed by atoms with van der Waals surface area (Å²) in [6.45, 7) is 0. The van der Waals surface area contributed by atoms with Crippen LogP contribution in [0.5, 0.6) is 5.75 Å². The third-order valence-electron chi connectivity index (χ3n) is 3.76. The molecule has 0 saturated heterocycles. The fourth-order valence-corrected chi connectivity index (χ4v) is 3.27. The van der Waals surface area contributed by atoms with Gasteiger partial charge in [0.2, 0.25) is 5.89 Å². The smallest absolute Gasteiger partial charge is 0.277 e. The van der Waals surface area contributed by atoms with E-state index in [-0.39, 0.29) is 5.56 Å². The monoisotopic (exact) mass is 400 g/mol. The van der Waals surface area contributed by atoms with Crippen molar-refractivity contribution in [1.29, 1.82) is 0 Å². The molecule has 0 saturated carbocycles. The van der Waals surface area contributed by atoms with E-state index in [2.05, 4.69) is 15.2 Å². The van der Waals surface area contributed by atoms with Gasteiger partial charge in [0.25, 0.3) is 10.8 Å². The summed E-state index contributed by atoms with van der Waals surface area (Å²) in [5.41, 5.74) is 1.76. The van der Waals surface area contributed by atoms with Crippen LogP contribution in [0.3, 0.4) is 0 Å². The third-order valence-corrected chi connectivity index (χ3v) is 4.84. The molecular weight excluding hydrogens is 388 g/mol. The van der Waals surface area contributed by atoms with Crippen molar-refractivity contribution in [1.82, 2.24) is 19.6 Å². The molecule has 0 amide bonds. The lowest BCUT2D eigenvalue weighted by Gasteiger charge is -2.03. The maximum absolute atomic E-state index is 12.2. The lowest BCUT2D eigenvalue weighted by atomic mass is 10.2. The molecule has 0 N–H and O–H groups in total. The molecule has 1 aromatic carbocycles. The van der Waals surface area contributed by atoms with Crippen LogP contribution in [-0.2, 0) is 5.75 Å². The molecule has 0 radical (unpaired) electrons. The Bertz CT molecular complexity index is 1160. The standard InChI is InChI=1S/C18H13ClN4O3S/c1-25-14-5-2-11(3-6-14)17-21-22-18(26-17)27-10-13-8-16(24)23-9-12(19)4-7-15(23)20-13/h2-9H,10H2,1H3. The van der Waals surface area contributed by atoms with Gasteiger partial charge < -0.3 is 9.15 Å². The Morgan fingerprint density at radius 1 is 1.19 bits per heavy atom. The number of thioether (sulfide) groups is 1. The van der Waals surface area contributed by atoms with E-state index in [0.29, 0.717) is 33.2 Å². The SMILES string of the molecule is COc1ccc(-c2nnc(SCc3cc(=O)n4cc(Cl)ccc4n3)o2)cc1. The second-order valence-corrected chi connectivity index (χ2v) is 6.91. The molecule has 4 aromatic rings. The molecule has 0 aliphatic rings. The van der Waals surface area contributed by atoms with Crippen LogP contribution in [-0.4, -0.2) is 26.7 Å². The second-order valence-electron chi connectivity index (χ2n) is 5.55. The molecule has 0 bridgehead atoms. The van der Waals surface area contributed by atoms with Crippen LogP contribution in [0.1, 0.15) is 5.69 Å². The minimum Gasteiger partial charge on any atom is -0.497 e. The number of pyridine rings is 1.